The van der Waals surface area contributed by atoms with Gasteiger partial charge in [0.2, 0.25) is 17.7 Å². The fraction of sp³-hybridized carbons (Fsp3) is 0.542. The van der Waals surface area contributed by atoms with Gasteiger partial charge in [-0.25, -0.2) is 4.79 Å². The average molecular weight is 491 g/mol. The first-order chi connectivity index (χ1) is 16.6. The molecule has 0 aliphatic carbocycles. The molecular weight excluding hydrogens is 456 g/mol. The molecule has 11 heteroatoms. The van der Waals surface area contributed by atoms with Crippen LogP contribution in [0.25, 0.3) is 0 Å². The number of amides is 4. The number of carbonyl (C=O) groups excluding carboxylic acids is 4. The maximum atomic E-state index is 13.0. The Morgan fingerprint density at radius 3 is 2.31 bits per heavy atom. The van der Waals surface area contributed by atoms with Crippen molar-refractivity contribution in [2.45, 2.75) is 64.1 Å². The van der Waals surface area contributed by atoms with Crippen LogP contribution in [0.1, 0.15) is 45.1 Å². The molecule has 1 aromatic rings. The number of carboxylic acid groups (broad SMARTS) is 1. The second-order valence-corrected chi connectivity index (χ2v) is 9.18. The summed E-state index contributed by atoms with van der Waals surface area (Å²) in [7, 11) is 0. The predicted molar refractivity (Wildman–Crippen MR) is 126 cm³/mol. The normalized spacial score (nSPS) is 18.0. The summed E-state index contributed by atoms with van der Waals surface area (Å²) >= 11 is 0. The van der Waals surface area contributed by atoms with E-state index in [2.05, 4.69) is 21.3 Å². The summed E-state index contributed by atoms with van der Waals surface area (Å²) in [5, 5.41) is 28.8. The minimum atomic E-state index is -1.40. The Labute approximate surface area is 204 Å². The van der Waals surface area contributed by atoms with Crippen LogP contribution >= 0.6 is 0 Å². The number of phenols is 1. The molecule has 1 aliphatic rings. The number of phenolic OH excluding ortho intramolecular Hbond substituents is 1. The molecule has 1 aliphatic heterocycles. The van der Waals surface area contributed by atoms with Gasteiger partial charge in [0, 0.05) is 18.9 Å². The van der Waals surface area contributed by atoms with Crippen LogP contribution in [-0.4, -0.2) is 65.0 Å². The van der Waals surface area contributed by atoms with Crippen molar-refractivity contribution in [3.63, 3.8) is 0 Å². The Morgan fingerprint density at radius 1 is 1.09 bits per heavy atom. The highest BCUT2D eigenvalue weighted by molar-refractivity contribution is 5.92. The number of aromatic hydroxyl groups is 1. The van der Waals surface area contributed by atoms with E-state index in [0.717, 1.165) is 6.42 Å². The largest absolute Gasteiger partial charge is 0.508 e. The third-order valence-corrected chi connectivity index (χ3v) is 5.76. The van der Waals surface area contributed by atoms with Crippen LogP contribution < -0.4 is 21.3 Å². The van der Waals surface area contributed by atoms with Gasteiger partial charge in [-0.05, 0) is 49.3 Å². The highest BCUT2D eigenvalue weighted by atomic mass is 16.4. The monoisotopic (exact) mass is 490 g/mol. The van der Waals surface area contributed by atoms with Crippen molar-refractivity contribution in [3.8, 4) is 5.75 Å². The first kappa shape index (κ1) is 27.6. The quantitative estimate of drug-likeness (QED) is 0.234. The zero-order valence-electron chi connectivity index (χ0n) is 20.0. The van der Waals surface area contributed by atoms with Crippen molar-refractivity contribution in [1.29, 1.82) is 0 Å². The van der Waals surface area contributed by atoms with E-state index in [1.54, 1.807) is 12.1 Å². The van der Waals surface area contributed by atoms with Gasteiger partial charge in [-0.1, -0.05) is 26.0 Å². The van der Waals surface area contributed by atoms with Gasteiger partial charge in [0.25, 0.3) is 0 Å². The van der Waals surface area contributed by atoms with Crippen LogP contribution in [0.3, 0.4) is 0 Å². The predicted octanol–water partition coefficient (Wildman–Crippen LogP) is 0.702. The van der Waals surface area contributed by atoms with Crippen molar-refractivity contribution < 1.29 is 34.2 Å². The van der Waals surface area contributed by atoms with E-state index in [9.17, 15) is 34.2 Å². The molecule has 11 nitrogen and oxygen atoms in total. The van der Waals surface area contributed by atoms with Crippen molar-refractivity contribution >= 4 is 30.1 Å². The van der Waals surface area contributed by atoms with Gasteiger partial charge >= 0.3 is 6.09 Å². The third kappa shape index (κ3) is 9.26. The van der Waals surface area contributed by atoms with Crippen LogP contribution in [0.4, 0.5) is 4.79 Å². The van der Waals surface area contributed by atoms with E-state index in [-0.39, 0.29) is 42.8 Å². The molecule has 1 aromatic carbocycles. The first-order valence-electron chi connectivity index (χ1n) is 11.7. The zero-order valence-corrected chi connectivity index (χ0v) is 20.0. The molecule has 0 radical (unpaired) electrons. The molecule has 1 fully saturated rings. The Bertz CT molecular complexity index is 904. The van der Waals surface area contributed by atoms with Gasteiger partial charge in [-0.15, -0.1) is 0 Å². The molecule has 0 aromatic heterocycles. The molecule has 2 rings (SSSR count). The average Bonchev–Trinajstić information content (AvgIpc) is 2.79. The Hall–Kier alpha value is -3.63. The van der Waals surface area contributed by atoms with Crippen LogP contribution in [0, 0.1) is 11.8 Å². The molecule has 35 heavy (non-hydrogen) atoms. The molecule has 4 amide bonds. The SMILES string of the molecule is CC(C)C[C@H](NC(=O)[C@H](Cc1ccc(O)cc1)NC(=O)O)C(=O)N[C@H](C=O)C[C@@H]1CCCNC1=O. The molecule has 6 N–H and O–H groups in total. The molecule has 4 atom stereocenters. The van der Waals surface area contributed by atoms with Crippen molar-refractivity contribution in [1.82, 2.24) is 21.3 Å². The second kappa shape index (κ2) is 13.3. The highest BCUT2D eigenvalue weighted by Crippen LogP contribution is 2.17. The second-order valence-electron chi connectivity index (χ2n) is 9.18. The van der Waals surface area contributed by atoms with E-state index in [0.29, 0.717) is 24.8 Å². The fourth-order valence-electron chi connectivity index (χ4n) is 4.00. The molecule has 0 bridgehead atoms. The zero-order chi connectivity index (χ0) is 26.0. The molecule has 0 spiro atoms. The first-order valence-corrected chi connectivity index (χ1v) is 11.7. The number of aldehydes is 1. The summed E-state index contributed by atoms with van der Waals surface area (Å²) in [6.07, 6.45) is 1.01. The molecular formula is C24H34N4O7. The molecule has 0 unspecified atom stereocenters. The lowest BCUT2D eigenvalue weighted by Crippen LogP contribution is -2.56. The van der Waals surface area contributed by atoms with Crippen LogP contribution in [-0.2, 0) is 25.6 Å². The van der Waals surface area contributed by atoms with Gasteiger partial charge in [0.1, 0.15) is 24.1 Å². The number of piperidine rings is 1. The number of carbonyl (C=O) groups is 5. The summed E-state index contributed by atoms with van der Waals surface area (Å²) in [5.74, 6) is -1.78. The van der Waals surface area contributed by atoms with E-state index in [4.69, 9.17) is 0 Å². The Kier molecular flexibility index (Phi) is 10.5. The fourth-order valence-corrected chi connectivity index (χ4v) is 4.00. The Balaban J connectivity index is 2.09. The number of hydrogen-bond acceptors (Lipinski definition) is 6. The maximum Gasteiger partial charge on any atom is 0.405 e. The van der Waals surface area contributed by atoms with Gasteiger partial charge in [0.05, 0.1) is 6.04 Å². The van der Waals surface area contributed by atoms with Crippen LogP contribution in [0.5, 0.6) is 5.75 Å². The van der Waals surface area contributed by atoms with Gasteiger partial charge in [-0.3, -0.25) is 14.4 Å². The summed E-state index contributed by atoms with van der Waals surface area (Å²) in [5.41, 5.74) is 0.605. The third-order valence-electron chi connectivity index (χ3n) is 5.76. The molecule has 1 saturated heterocycles. The van der Waals surface area contributed by atoms with Gasteiger partial charge in [-0.2, -0.15) is 0 Å². The van der Waals surface area contributed by atoms with Crippen LogP contribution in [0.2, 0.25) is 0 Å². The van der Waals surface area contributed by atoms with Gasteiger partial charge in [0.15, 0.2) is 0 Å². The molecule has 192 valence electrons. The minimum Gasteiger partial charge on any atom is -0.508 e. The summed E-state index contributed by atoms with van der Waals surface area (Å²) in [6.45, 7) is 4.31. The van der Waals surface area contributed by atoms with Crippen molar-refractivity contribution in [2.24, 2.45) is 11.8 Å². The van der Waals surface area contributed by atoms with E-state index < -0.39 is 36.0 Å². The minimum absolute atomic E-state index is 0.00217. The van der Waals surface area contributed by atoms with Crippen LogP contribution in [0.15, 0.2) is 24.3 Å². The van der Waals surface area contributed by atoms with Crippen molar-refractivity contribution in [2.75, 3.05) is 6.54 Å². The lowest BCUT2D eigenvalue weighted by Gasteiger charge is -2.27. The Morgan fingerprint density at radius 2 is 1.74 bits per heavy atom. The van der Waals surface area contributed by atoms with E-state index in [1.807, 2.05) is 13.8 Å². The van der Waals surface area contributed by atoms with Gasteiger partial charge < -0.3 is 36.3 Å². The summed E-state index contributed by atoms with van der Waals surface area (Å²) in [4.78, 5) is 60.9. The standard InChI is InChI=1S/C24H34N4O7/c1-14(2)10-19(22(32)26-17(13-29)12-16-4-3-9-25-21(16)31)27-23(33)20(28-24(34)35)11-15-5-7-18(30)8-6-15/h5-8,13-14,16-17,19-20,28,30H,3-4,9-12H2,1-2H3,(H,25,31)(H,26,32)(H,27,33)(H,34,35)/t16-,17-,19-,20-/m0/s1. The lowest BCUT2D eigenvalue weighted by atomic mass is 9.91. The van der Waals surface area contributed by atoms with E-state index in [1.165, 1.54) is 12.1 Å². The maximum absolute atomic E-state index is 13.0. The molecule has 1 heterocycles. The van der Waals surface area contributed by atoms with E-state index >= 15 is 0 Å². The lowest BCUT2D eigenvalue weighted by molar-refractivity contribution is -0.132. The number of nitrogens with one attached hydrogen (secondary N) is 4. The van der Waals surface area contributed by atoms with Crippen molar-refractivity contribution in [3.05, 3.63) is 29.8 Å². The molecule has 0 saturated carbocycles. The topological polar surface area (TPSA) is 174 Å². The smallest absolute Gasteiger partial charge is 0.405 e. The number of benzene rings is 1. The number of hydrogen-bond donors (Lipinski definition) is 6. The number of rotatable bonds is 12. The highest BCUT2D eigenvalue weighted by Gasteiger charge is 2.31. The summed E-state index contributed by atoms with van der Waals surface area (Å²) < 4.78 is 0. The summed E-state index contributed by atoms with van der Waals surface area (Å²) in [6, 6.07) is 2.88.